The van der Waals surface area contributed by atoms with E-state index in [0.717, 1.165) is 43.9 Å². The molecule has 3 aliphatic rings. The Bertz CT molecular complexity index is 1070. The van der Waals surface area contributed by atoms with E-state index in [1.807, 2.05) is 16.3 Å². The lowest BCUT2D eigenvalue weighted by Gasteiger charge is -2.27. The maximum atomic E-state index is 13.1. The number of rotatable bonds is 7. The number of amidine groups is 1. The minimum Gasteiger partial charge on any atom is -0.351 e. The quantitative estimate of drug-likeness (QED) is 0.616. The molecule has 1 aromatic heterocycles. The third-order valence-corrected chi connectivity index (χ3v) is 8.37. The van der Waals surface area contributed by atoms with Gasteiger partial charge >= 0.3 is 0 Å². The van der Waals surface area contributed by atoms with Crippen LogP contribution in [0.1, 0.15) is 53.8 Å². The van der Waals surface area contributed by atoms with E-state index in [2.05, 4.69) is 21.3 Å². The lowest BCUT2D eigenvalue weighted by molar-refractivity contribution is -0.121. The van der Waals surface area contributed by atoms with Gasteiger partial charge in [0.25, 0.3) is 11.8 Å². The van der Waals surface area contributed by atoms with E-state index < -0.39 is 5.25 Å². The Morgan fingerprint density at radius 3 is 2.53 bits per heavy atom. The van der Waals surface area contributed by atoms with Crippen molar-refractivity contribution in [1.29, 1.82) is 0 Å². The first kappa shape index (κ1) is 23.1. The summed E-state index contributed by atoms with van der Waals surface area (Å²) < 4.78 is 0. The van der Waals surface area contributed by atoms with Gasteiger partial charge in [0.1, 0.15) is 5.25 Å². The number of nitrogens with zero attached hydrogens (tertiary/aromatic N) is 3. The summed E-state index contributed by atoms with van der Waals surface area (Å²) in [5, 5.41) is 5.17. The van der Waals surface area contributed by atoms with E-state index in [-0.39, 0.29) is 24.1 Å². The van der Waals surface area contributed by atoms with Gasteiger partial charge in [0.15, 0.2) is 5.17 Å². The molecule has 0 spiro atoms. The molecule has 34 heavy (non-hydrogen) atoms. The second-order valence-corrected chi connectivity index (χ2v) is 11.2. The molecule has 1 aliphatic carbocycles. The molecule has 1 aromatic carbocycles. The third-order valence-electron chi connectivity index (χ3n) is 6.30. The topological polar surface area (TPSA) is 82.1 Å². The van der Waals surface area contributed by atoms with Crippen LogP contribution in [-0.2, 0) is 16.1 Å². The zero-order chi connectivity index (χ0) is 23.5. The van der Waals surface area contributed by atoms with Crippen LogP contribution < -0.4 is 5.32 Å². The molecule has 3 amide bonds. The minimum absolute atomic E-state index is 0.0177. The second-order valence-electron chi connectivity index (χ2n) is 8.96. The molecule has 0 bridgehead atoms. The summed E-state index contributed by atoms with van der Waals surface area (Å²) in [7, 11) is 0. The fourth-order valence-electron chi connectivity index (χ4n) is 4.30. The van der Waals surface area contributed by atoms with E-state index in [1.54, 1.807) is 35.6 Å². The first-order valence-electron chi connectivity index (χ1n) is 11.8. The monoisotopic (exact) mass is 496 g/mol. The van der Waals surface area contributed by atoms with Crippen LogP contribution in [0.2, 0.25) is 0 Å². The number of carbonyl (C=O) groups excluding carboxylic acids is 3. The Hall–Kier alpha value is -2.65. The summed E-state index contributed by atoms with van der Waals surface area (Å²) in [6.45, 7) is 2.48. The number of anilines is 1. The maximum Gasteiger partial charge on any atom is 0.262 e. The smallest absolute Gasteiger partial charge is 0.262 e. The average Bonchev–Trinajstić information content (AvgIpc) is 3.44. The molecule has 178 valence electrons. The lowest BCUT2D eigenvalue weighted by Crippen LogP contribution is -2.33. The fourth-order valence-corrected chi connectivity index (χ4v) is 6.12. The van der Waals surface area contributed by atoms with Crippen molar-refractivity contribution >= 4 is 51.7 Å². The molecule has 1 N–H and O–H groups in total. The number of hydrogen-bond donors (Lipinski definition) is 1. The molecule has 7 nitrogen and oxygen atoms in total. The second kappa shape index (κ2) is 10.3. The molecular formula is C25H28N4O3S2. The molecule has 2 aromatic rings. The van der Waals surface area contributed by atoms with Gasteiger partial charge in [-0.2, -0.15) is 4.99 Å². The van der Waals surface area contributed by atoms with Crippen molar-refractivity contribution in [3.63, 3.8) is 0 Å². The molecule has 1 unspecified atom stereocenters. The number of benzene rings is 1. The number of nitrogens with one attached hydrogen (secondary N) is 1. The summed E-state index contributed by atoms with van der Waals surface area (Å²) in [5.41, 5.74) is 1.23. The van der Waals surface area contributed by atoms with E-state index in [1.165, 1.54) is 23.1 Å². The molecule has 1 saturated heterocycles. The highest BCUT2D eigenvalue weighted by molar-refractivity contribution is 8.15. The Morgan fingerprint density at radius 1 is 1.09 bits per heavy atom. The first-order chi connectivity index (χ1) is 16.6. The van der Waals surface area contributed by atoms with Crippen LogP contribution in [0.15, 0.2) is 46.8 Å². The number of aliphatic imine (C=N–C) groups is 1. The SMILES string of the molecule is O=C(CC1SC(N2CCCCC2)=NC1=O)Nc1ccc(C(=O)N(Cc2cccs2)C2CC2)cc1. The third kappa shape index (κ3) is 5.52. The van der Waals surface area contributed by atoms with Gasteiger partial charge in [-0.15, -0.1) is 11.3 Å². The molecule has 1 saturated carbocycles. The van der Waals surface area contributed by atoms with Crippen LogP contribution in [0.3, 0.4) is 0 Å². The van der Waals surface area contributed by atoms with Crippen molar-refractivity contribution in [1.82, 2.24) is 9.80 Å². The molecule has 2 fully saturated rings. The Morgan fingerprint density at radius 2 is 1.85 bits per heavy atom. The maximum absolute atomic E-state index is 13.1. The predicted octanol–water partition coefficient (Wildman–Crippen LogP) is 4.37. The largest absolute Gasteiger partial charge is 0.351 e. The highest BCUT2D eigenvalue weighted by atomic mass is 32.2. The zero-order valence-corrected chi connectivity index (χ0v) is 20.6. The highest BCUT2D eigenvalue weighted by Crippen LogP contribution is 2.31. The summed E-state index contributed by atoms with van der Waals surface area (Å²) >= 11 is 3.06. The van der Waals surface area contributed by atoms with E-state index in [9.17, 15) is 14.4 Å². The molecule has 0 radical (unpaired) electrons. The van der Waals surface area contributed by atoms with Crippen LogP contribution in [0, 0.1) is 0 Å². The zero-order valence-electron chi connectivity index (χ0n) is 18.9. The van der Waals surface area contributed by atoms with Crippen molar-refractivity contribution < 1.29 is 14.4 Å². The van der Waals surface area contributed by atoms with Crippen LogP contribution in [0.4, 0.5) is 5.69 Å². The number of thioether (sulfide) groups is 1. The number of amides is 3. The Labute approximate surface area is 207 Å². The van der Waals surface area contributed by atoms with E-state index in [0.29, 0.717) is 23.8 Å². The molecule has 3 heterocycles. The van der Waals surface area contributed by atoms with Crippen molar-refractivity contribution in [2.45, 2.75) is 56.4 Å². The molecule has 2 aliphatic heterocycles. The predicted molar refractivity (Wildman–Crippen MR) is 136 cm³/mol. The number of thiophene rings is 1. The molecule has 5 rings (SSSR count). The molecule has 9 heteroatoms. The Kier molecular flexibility index (Phi) is 7.01. The fraction of sp³-hybridized carbons (Fsp3) is 0.440. The standard InChI is InChI=1S/C25H28N4O3S2/c30-22(15-21-23(31)27-25(34-21)28-12-2-1-3-13-28)26-18-8-6-17(7-9-18)24(32)29(19-10-11-19)16-20-5-4-14-33-20/h4-9,14,19,21H,1-3,10-13,15-16H2,(H,26,30). The van der Waals surface area contributed by atoms with Gasteiger partial charge in [-0.25, -0.2) is 0 Å². The summed E-state index contributed by atoms with van der Waals surface area (Å²) in [5.74, 6) is -0.436. The van der Waals surface area contributed by atoms with Gasteiger partial charge in [-0.3, -0.25) is 14.4 Å². The van der Waals surface area contributed by atoms with Gasteiger partial charge in [-0.05, 0) is 67.8 Å². The number of piperidine rings is 1. The minimum atomic E-state index is -0.470. The van der Waals surface area contributed by atoms with Crippen molar-refractivity contribution in [2.24, 2.45) is 4.99 Å². The normalized spacial score (nSPS) is 20.2. The van der Waals surface area contributed by atoms with Gasteiger partial charge < -0.3 is 15.1 Å². The molecule has 1 atom stereocenters. The Balaban J connectivity index is 1.15. The van der Waals surface area contributed by atoms with Gasteiger partial charge in [-0.1, -0.05) is 17.8 Å². The summed E-state index contributed by atoms with van der Waals surface area (Å²) in [6, 6.07) is 11.4. The van der Waals surface area contributed by atoms with Crippen LogP contribution in [0.25, 0.3) is 0 Å². The van der Waals surface area contributed by atoms with E-state index in [4.69, 9.17) is 0 Å². The van der Waals surface area contributed by atoms with Crippen LogP contribution >= 0.6 is 23.1 Å². The lowest BCUT2D eigenvalue weighted by atomic mass is 10.1. The van der Waals surface area contributed by atoms with Gasteiger partial charge in [0.05, 0.1) is 6.54 Å². The highest BCUT2D eigenvalue weighted by Gasteiger charge is 2.34. The number of hydrogen-bond acceptors (Lipinski definition) is 6. The summed E-state index contributed by atoms with van der Waals surface area (Å²) in [6.07, 6.45) is 5.62. The average molecular weight is 497 g/mol. The van der Waals surface area contributed by atoms with E-state index >= 15 is 0 Å². The van der Waals surface area contributed by atoms with Crippen LogP contribution in [-0.4, -0.2) is 57.1 Å². The van der Waals surface area contributed by atoms with Crippen molar-refractivity contribution in [3.05, 3.63) is 52.2 Å². The molecular weight excluding hydrogens is 468 g/mol. The van der Waals surface area contributed by atoms with Crippen molar-refractivity contribution in [3.8, 4) is 0 Å². The van der Waals surface area contributed by atoms with Gasteiger partial charge in [0, 0.05) is 41.7 Å². The number of carbonyl (C=O) groups is 3. The number of likely N-dealkylation sites (tertiary alicyclic amines) is 1. The summed E-state index contributed by atoms with van der Waals surface area (Å²) in [4.78, 5) is 47.5. The first-order valence-corrected chi connectivity index (χ1v) is 13.6. The van der Waals surface area contributed by atoms with Crippen molar-refractivity contribution in [2.75, 3.05) is 18.4 Å². The van der Waals surface area contributed by atoms with Crippen LogP contribution in [0.5, 0.6) is 0 Å². The van der Waals surface area contributed by atoms with Gasteiger partial charge in [0.2, 0.25) is 5.91 Å².